The van der Waals surface area contributed by atoms with E-state index in [9.17, 15) is 13.2 Å². The maximum absolute atomic E-state index is 12.7. The third kappa shape index (κ3) is 2.42. The van der Waals surface area contributed by atoms with Crippen LogP contribution in [0.1, 0.15) is 24.8 Å². The number of nitriles is 1. The molecule has 96 valence electrons. The van der Waals surface area contributed by atoms with Crippen molar-refractivity contribution in [2.24, 2.45) is 5.41 Å². The first-order valence-electron chi connectivity index (χ1n) is 5.78. The summed E-state index contributed by atoms with van der Waals surface area (Å²) in [4.78, 5) is 0. The lowest BCUT2D eigenvalue weighted by atomic mass is 9.70. The Bertz CT molecular complexity index is 470. The quantitative estimate of drug-likeness (QED) is 0.890. The molecule has 0 aliphatic heterocycles. The number of anilines is 1. The summed E-state index contributed by atoms with van der Waals surface area (Å²) in [5.74, 6) is 0. The van der Waals surface area contributed by atoms with Gasteiger partial charge in [-0.25, -0.2) is 0 Å². The van der Waals surface area contributed by atoms with Crippen LogP contribution in [0.2, 0.25) is 0 Å². The van der Waals surface area contributed by atoms with Crippen LogP contribution < -0.4 is 5.32 Å². The van der Waals surface area contributed by atoms with E-state index in [2.05, 4.69) is 11.4 Å². The van der Waals surface area contributed by atoms with Crippen LogP contribution in [0, 0.1) is 16.7 Å². The Balaban J connectivity index is 2.13. The monoisotopic (exact) mass is 254 g/mol. The minimum Gasteiger partial charge on any atom is -0.383 e. The highest BCUT2D eigenvalue weighted by Crippen LogP contribution is 2.41. The lowest BCUT2D eigenvalue weighted by Crippen LogP contribution is -2.35. The van der Waals surface area contributed by atoms with Crippen molar-refractivity contribution >= 4 is 5.69 Å². The number of hydrogen-bond acceptors (Lipinski definition) is 2. The van der Waals surface area contributed by atoms with E-state index in [0.29, 0.717) is 0 Å². The molecule has 1 aliphatic rings. The summed E-state index contributed by atoms with van der Waals surface area (Å²) >= 11 is 0. The summed E-state index contributed by atoms with van der Waals surface area (Å²) in [6.07, 6.45) is -1.89. The molecule has 0 unspecified atom stereocenters. The Kier molecular flexibility index (Phi) is 3.20. The van der Waals surface area contributed by atoms with Crippen LogP contribution in [0.25, 0.3) is 0 Å². The first kappa shape index (κ1) is 12.7. The smallest absolute Gasteiger partial charge is 0.383 e. The third-order valence-electron chi connectivity index (χ3n) is 3.40. The molecule has 1 fully saturated rings. The molecule has 5 heteroatoms. The van der Waals surface area contributed by atoms with Gasteiger partial charge in [0.05, 0.1) is 17.0 Å². The SMILES string of the molecule is N#CC1(CNc2ccccc2C(F)(F)F)CCC1. The highest BCUT2D eigenvalue weighted by molar-refractivity contribution is 5.53. The van der Waals surface area contributed by atoms with Gasteiger partial charge in [0.25, 0.3) is 0 Å². The van der Waals surface area contributed by atoms with Crippen molar-refractivity contribution in [2.45, 2.75) is 25.4 Å². The van der Waals surface area contributed by atoms with E-state index in [-0.39, 0.29) is 12.2 Å². The lowest BCUT2D eigenvalue weighted by molar-refractivity contribution is -0.137. The molecule has 0 bridgehead atoms. The minimum absolute atomic E-state index is 0.0477. The number of benzene rings is 1. The summed E-state index contributed by atoms with van der Waals surface area (Å²) in [6, 6.07) is 7.55. The Labute approximate surface area is 103 Å². The van der Waals surface area contributed by atoms with E-state index in [0.717, 1.165) is 25.3 Å². The van der Waals surface area contributed by atoms with Crippen LogP contribution >= 0.6 is 0 Å². The molecule has 1 saturated carbocycles. The zero-order valence-corrected chi connectivity index (χ0v) is 9.72. The second-order valence-electron chi connectivity index (χ2n) is 4.64. The molecule has 18 heavy (non-hydrogen) atoms. The van der Waals surface area contributed by atoms with Gasteiger partial charge in [-0.2, -0.15) is 18.4 Å². The first-order chi connectivity index (χ1) is 8.47. The van der Waals surface area contributed by atoms with E-state index >= 15 is 0 Å². The first-order valence-corrected chi connectivity index (χ1v) is 5.78. The normalized spacial score (nSPS) is 17.7. The number of nitrogens with one attached hydrogen (secondary N) is 1. The fourth-order valence-corrected chi connectivity index (χ4v) is 2.08. The molecular weight excluding hydrogens is 241 g/mol. The Morgan fingerprint density at radius 2 is 1.94 bits per heavy atom. The molecule has 1 aromatic rings. The molecule has 0 saturated heterocycles. The molecule has 1 aliphatic carbocycles. The average Bonchev–Trinajstić information content (AvgIpc) is 2.27. The molecule has 1 N–H and O–H groups in total. The molecule has 2 nitrogen and oxygen atoms in total. The van der Waals surface area contributed by atoms with Crippen molar-refractivity contribution in [3.63, 3.8) is 0 Å². The molecule has 0 atom stereocenters. The van der Waals surface area contributed by atoms with Gasteiger partial charge in [-0.15, -0.1) is 0 Å². The molecule has 2 rings (SSSR count). The van der Waals surface area contributed by atoms with Crippen LogP contribution in [-0.4, -0.2) is 6.54 Å². The van der Waals surface area contributed by atoms with E-state index < -0.39 is 17.2 Å². The number of para-hydroxylation sites is 1. The van der Waals surface area contributed by atoms with Crippen molar-refractivity contribution in [1.82, 2.24) is 0 Å². The number of hydrogen-bond donors (Lipinski definition) is 1. The number of nitrogens with zero attached hydrogens (tertiary/aromatic N) is 1. The fraction of sp³-hybridized carbons (Fsp3) is 0.462. The van der Waals surface area contributed by atoms with E-state index in [1.165, 1.54) is 12.1 Å². The Morgan fingerprint density at radius 3 is 2.44 bits per heavy atom. The molecule has 0 heterocycles. The highest BCUT2D eigenvalue weighted by Gasteiger charge is 2.38. The molecule has 1 aromatic carbocycles. The summed E-state index contributed by atoms with van der Waals surface area (Å²) in [5.41, 5.74) is -1.12. The van der Waals surface area contributed by atoms with Crippen LogP contribution in [-0.2, 0) is 6.18 Å². The maximum Gasteiger partial charge on any atom is 0.418 e. The number of alkyl halides is 3. The van der Waals surface area contributed by atoms with Crippen molar-refractivity contribution in [3.05, 3.63) is 29.8 Å². The Morgan fingerprint density at radius 1 is 1.28 bits per heavy atom. The summed E-state index contributed by atoms with van der Waals surface area (Å²) in [6.45, 7) is 0.274. The van der Waals surface area contributed by atoms with Crippen LogP contribution in [0.4, 0.5) is 18.9 Å². The summed E-state index contributed by atoms with van der Waals surface area (Å²) in [7, 11) is 0. The molecular formula is C13H13F3N2. The number of rotatable bonds is 3. The predicted molar refractivity (Wildman–Crippen MR) is 61.8 cm³/mol. The van der Waals surface area contributed by atoms with Gasteiger partial charge < -0.3 is 5.32 Å². The van der Waals surface area contributed by atoms with Gasteiger partial charge >= 0.3 is 6.18 Å². The average molecular weight is 254 g/mol. The van der Waals surface area contributed by atoms with E-state index in [4.69, 9.17) is 5.26 Å². The van der Waals surface area contributed by atoms with Crippen LogP contribution in [0.3, 0.4) is 0 Å². The maximum atomic E-state index is 12.7. The van der Waals surface area contributed by atoms with Crippen molar-refractivity contribution in [1.29, 1.82) is 5.26 Å². The molecule has 0 amide bonds. The van der Waals surface area contributed by atoms with Gasteiger partial charge in [0, 0.05) is 12.2 Å². The topological polar surface area (TPSA) is 35.8 Å². The van der Waals surface area contributed by atoms with Gasteiger partial charge in [-0.05, 0) is 25.0 Å². The highest BCUT2D eigenvalue weighted by atomic mass is 19.4. The zero-order chi connectivity index (χ0) is 13.2. The third-order valence-corrected chi connectivity index (χ3v) is 3.40. The second kappa shape index (κ2) is 4.52. The van der Waals surface area contributed by atoms with Crippen molar-refractivity contribution in [2.75, 3.05) is 11.9 Å². The van der Waals surface area contributed by atoms with E-state index in [1.54, 1.807) is 6.07 Å². The van der Waals surface area contributed by atoms with Crippen molar-refractivity contribution < 1.29 is 13.2 Å². The van der Waals surface area contributed by atoms with Gasteiger partial charge in [0.15, 0.2) is 0 Å². The minimum atomic E-state index is -4.37. The predicted octanol–water partition coefficient (Wildman–Crippen LogP) is 3.81. The lowest BCUT2D eigenvalue weighted by Gasteiger charge is -2.35. The largest absolute Gasteiger partial charge is 0.418 e. The zero-order valence-electron chi connectivity index (χ0n) is 9.72. The van der Waals surface area contributed by atoms with Gasteiger partial charge in [-0.1, -0.05) is 18.6 Å². The second-order valence-corrected chi connectivity index (χ2v) is 4.64. The van der Waals surface area contributed by atoms with Crippen LogP contribution in [0.5, 0.6) is 0 Å². The van der Waals surface area contributed by atoms with Crippen molar-refractivity contribution in [3.8, 4) is 6.07 Å². The fourth-order valence-electron chi connectivity index (χ4n) is 2.08. The number of halogens is 3. The van der Waals surface area contributed by atoms with Gasteiger partial charge in [0.1, 0.15) is 0 Å². The molecule has 0 spiro atoms. The summed E-state index contributed by atoms with van der Waals surface area (Å²) < 4.78 is 38.2. The molecule has 0 radical (unpaired) electrons. The molecule has 0 aromatic heterocycles. The standard InChI is InChI=1S/C13H13F3N2/c14-13(15,16)10-4-1-2-5-11(10)18-9-12(8-17)6-3-7-12/h1-2,4-5,18H,3,6-7,9H2. The van der Waals surface area contributed by atoms with Gasteiger partial charge in [0.2, 0.25) is 0 Å². The van der Waals surface area contributed by atoms with E-state index in [1.807, 2.05) is 0 Å². The van der Waals surface area contributed by atoms with Gasteiger partial charge in [-0.3, -0.25) is 0 Å². The Hall–Kier alpha value is -1.70. The van der Waals surface area contributed by atoms with Crippen LogP contribution in [0.15, 0.2) is 24.3 Å². The summed E-state index contributed by atoms with van der Waals surface area (Å²) in [5, 5.41) is 11.8.